The fourth-order valence-corrected chi connectivity index (χ4v) is 5.61. The van der Waals surface area contributed by atoms with Crippen LogP contribution < -0.4 is 25.6 Å². The molecule has 1 unspecified atom stereocenters. The third-order valence-electron chi connectivity index (χ3n) is 6.36. The van der Waals surface area contributed by atoms with Crippen LogP contribution >= 0.6 is 23.2 Å². The van der Waals surface area contributed by atoms with Crippen LogP contribution in [0.2, 0.25) is 5.02 Å². The summed E-state index contributed by atoms with van der Waals surface area (Å²) in [5.74, 6) is -2.97. The highest BCUT2D eigenvalue weighted by Crippen LogP contribution is 2.29. The number of aromatic nitrogens is 6. The number of benzene rings is 2. The Labute approximate surface area is 298 Å². The highest BCUT2D eigenvalue weighted by molar-refractivity contribution is 7.90. The van der Waals surface area contributed by atoms with E-state index in [0.29, 0.717) is 4.68 Å². The zero-order valence-corrected chi connectivity index (χ0v) is 29.2. The number of halogens is 8. The first-order valence-electron chi connectivity index (χ1n) is 14.0. The van der Waals surface area contributed by atoms with Gasteiger partial charge in [0, 0.05) is 18.5 Å². The van der Waals surface area contributed by atoms with Crippen LogP contribution in [0.4, 0.5) is 31.1 Å². The van der Waals surface area contributed by atoms with Gasteiger partial charge in [0.05, 0.1) is 13.7 Å². The van der Waals surface area contributed by atoms with Gasteiger partial charge in [-0.05, 0) is 43.7 Å². The lowest BCUT2D eigenvalue weighted by molar-refractivity contribution is -0.275. The highest BCUT2D eigenvalue weighted by atomic mass is 35.5. The average Bonchev–Trinajstić information content (AvgIpc) is 3.51. The molecule has 0 spiro atoms. The van der Waals surface area contributed by atoms with Crippen molar-refractivity contribution in [1.82, 2.24) is 33.4 Å². The van der Waals surface area contributed by atoms with Gasteiger partial charge >= 0.3 is 42.3 Å². The molecule has 4 rings (SSSR count). The predicted octanol–water partition coefficient (Wildman–Crippen LogP) is 3.68. The fourth-order valence-electron chi connectivity index (χ4n) is 4.09. The number of nitrogens with zero attached hydrogens (tertiary/aromatic N) is 6. The van der Waals surface area contributed by atoms with Gasteiger partial charge in [-0.1, -0.05) is 23.7 Å². The number of ether oxygens (including phenoxy) is 3. The number of amides is 1. The average molecular weight is 808 g/mol. The first-order valence-corrected chi connectivity index (χ1v) is 16.3. The van der Waals surface area contributed by atoms with Crippen molar-refractivity contribution in [3.8, 4) is 17.4 Å². The van der Waals surface area contributed by atoms with E-state index in [9.17, 15) is 53.9 Å². The Morgan fingerprint density at radius 1 is 1.08 bits per heavy atom. The molecule has 2 aromatic carbocycles. The Bertz CT molecular complexity index is 2190. The lowest BCUT2D eigenvalue weighted by Crippen LogP contribution is -2.40. The van der Waals surface area contributed by atoms with Crippen LogP contribution in [0.5, 0.6) is 11.8 Å². The van der Waals surface area contributed by atoms with Crippen molar-refractivity contribution in [3.05, 3.63) is 79.6 Å². The molecule has 52 heavy (non-hydrogen) atoms. The molecule has 1 amide bonds. The van der Waals surface area contributed by atoms with Crippen molar-refractivity contribution in [2.75, 3.05) is 13.7 Å². The van der Waals surface area contributed by atoms with Crippen LogP contribution in [-0.4, -0.2) is 74.6 Å². The molecule has 1 atom stereocenters. The van der Waals surface area contributed by atoms with Gasteiger partial charge < -0.3 is 14.2 Å². The van der Waals surface area contributed by atoms with E-state index in [1.54, 1.807) is 6.92 Å². The highest BCUT2D eigenvalue weighted by Gasteiger charge is 2.35. The van der Waals surface area contributed by atoms with Gasteiger partial charge in [-0.2, -0.15) is 13.5 Å². The molecule has 0 saturated carbocycles. The summed E-state index contributed by atoms with van der Waals surface area (Å²) in [6, 6.07) is 3.99. The predicted molar refractivity (Wildman–Crippen MR) is 167 cm³/mol. The van der Waals surface area contributed by atoms with Gasteiger partial charge in [-0.25, -0.2) is 41.0 Å². The summed E-state index contributed by atoms with van der Waals surface area (Å²) in [6.45, 7) is -0.195. The largest absolute Gasteiger partial charge is 0.573 e. The summed E-state index contributed by atoms with van der Waals surface area (Å²) < 4.78 is 118. The number of nitrogens with one attached hydrogen (secondary N) is 1. The summed E-state index contributed by atoms with van der Waals surface area (Å²) in [5, 5.41) is 5.96. The van der Waals surface area contributed by atoms with Gasteiger partial charge in [-0.15, -0.1) is 39.7 Å². The molecule has 0 aliphatic carbocycles. The molecule has 2 heterocycles. The van der Waals surface area contributed by atoms with Crippen molar-refractivity contribution in [2.45, 2.75) is 43.5 Å². The Balaban J connectivity index is 0.000000280. The first kappa shape index (κ1) is 41.4. The lowest BCUT2D eigenvalue weighted by Gasteiger charge is -2.13. The number of sulfonamides is 1. The van der Waals surface area contributed by atoms with E-state index in [1.165, 1.54) is 18.7 Å². The quantitative estimate of drug-likeness (QED) is 0.140. The van der Waals surface area contributed by atoms with Gasteiger partial charge in [0.15, 0.2) is 5.82 Å². The van der Waals surface area contributed by atoms with Crippen LogP contribution in [0.3, 0.4) is 0 Å². The van der Waals surface area contributed by atoms with E-state index in [4.69, 9.17) is 32.7 Å². The maximum atomic E-state index is 14.2. The molecule has 25 heteroatoms. The van der Waals surface area contributed by atoms with E-state index >= 15 is 0 Å². The van der Waals surface area contributed by atoms with Crippen molar-refractivity contribution in [3.63, 3.8) is 0 Å². The molecule has 0 fully saturated rings. The Kier molecular flexibility index (Phi) is 13.2. The Morgan fingerprint density at radius 3 is 2.25 bits per heavy atom. The summed E-state index contributed by atoms with van der Waals surface area (Å²) in [7, 11) is -2.45. The van der Waals surface area contributed by atoms with Crippen molar-refractivity contribution >= 4 is 45.2 Å². The van der Waals surface area contributed by atoms with E-state index in [0.717, 1.165) is 48.1 Å². The second-order valence-corrected chi connectivity index (χ2v) is 12.4. The van der Waals surface area contributed by atoms with Crippen LogP contribution in [0.25, 0.3) is 5.69 Å². The fraction of sp³-hybridized carbons (Fsp3) is 0.333. The van der Waals surface area contributed by atoms with Gasteiger partial charge in [0.1, 0.15) is 27.5 Å². The number of para-hydroxylation sites is 1. The third-order valence-corrected chi connectivity index (χ3v) is 8.41. The number of alkyl halides is 6. The summed E-state index contributed by atoms with van der Waals surface area (Å²) in [6.07, 6.45) is -5.27. The monoisotopic (exact) mass is 807 g/mol. The van der Waals surface area contributed by atoms with Crippen LogP contribution in [0, 0.1) is 12.7 Å². The summed E-state index contributed by atoms with van der Waals surface area (Å²) in [4.78, 5) is 46.6. The number of carbonyl (C=O) groups is 2. The Morgan fingerprint density at radius 2 is 1.71 bits per heavy atom. The summed E-state index contributed by atoms with van der Waals surface area (Å²) in [5.41, 5.74) is -2.40. The van der Waals surface area contributed by atoms with Crippen molar-refractivity contribution in [2.24, 2.45) is 7.05 Å². The molecule has 284 valence electrons. The number of esters is 1. The number of rotatable bonds is 10. The zero-order chi connectivity index (χ0) is 39.3. The van der Waals surface area contributed by atoms with Gasteiger partial charge in [0.2, 0.25) is 0 Å². The molecule has 0 radical (unpaired) electrons. The van der Waals surface area contributed by atoms with E-state index < -0.39 is 68.2 Å². The number of hydrogen-bond acceptors (Lipinski definition) is 11. The lowest BCUT2D eigenvalue weighted by atomic mass is 10.1. The molecule has 0 aliphatic rings. The molecular weight excluding hydrogens is 783 g/mol. The normalized spacial score (nSPS) is 12.2. The molecule has 0 saturated heterocycles. The van der Waals surface area contributed by atoms with Crippen LogP contribution in [-0.2, 0) is 33.0 Å². The van der Waals surface area contributed by atoms with Crippen molar-refractivity contribution < 1.29 is 58.6 Å². The first-order chi connectivity index (χ1) is 24.1. The van der Waals surface area contributed by atoms with Gasteiger partial charge in [0.25, 0.3) is 10.0 Å². The molecular formula is C27H25Cl2F6N7O9S. The zero-order valence-electron chi connectivity index (χ0n) is 26.8. The third kappa shape index (κ3) is 9.64. The second-order valence-electron chi connectivity index (χ2n) is 9.85. The maximum Gasteiger partial charge on any atom is 0.573 e. The molecule has 1 N–H and O–H groups in total. The molecule has 4 aromatic rings. The van der Waals surface area contributed by atoms with Crippen LogP contribution in [0.1, 0.15) is 24.9 Å². The van der Waals surface area contributed by atoms with Gasteiger partial charge in [-0.3, -0.25) is 4.79 Å². The smallest absolute Gasteiger partial charge is 0.467 e. The number of carbonyl (C=O) groups excluding carboxylic acids is 2. The maximum absolute atomic E-state index is 14.2. The van der Waals surface area contributed by atoms with E-state index in [1.807, 2.05) is 0 Å². The molecule has 0 bridgehead atoms. The number of methoxy groups -OCH3 is 1. The number of aryl methyl sites for hydroxylation is 1. The van der Waals surface area contributed by atoms with E-state index in [-0.39, 0.29) is 50.4 Å². The topological polar surface area (TPSA) is 188 Å². The Hall–Kier alpha value is -5.03. The second kappa shape index (κ2) is 16.5. The van der Waals surface area contributed by atoms with Crippen LogP contribution in [0.15, 0.2) is 50.9 Å². The minimum absolute atomic E-state index is 0.0424. The number of hydrogen-bond donors (Lipinski definition) is 1. The summed E-state index contributed by atoms with van der Waals surface area (Å²) >= 11 is 11.9. The molecule has 0 aliphatic heterocycles. The molecule has 16 nitrogen and oxygen atoms in total. The molecule has 2 aromatic heterocycles. The van der Waals surface area contributed by atoms with Crippen molar-refractivity contribution in [1.29, 1.82) is 0 Å². The standard InChI is InChI=1S/C15H14Cl2F3N3O3.C12H11F3N4O6S/c1-3-26-13(24)10(17)4-8-5-12(11(18)6-9(8)16)23-15(25)22(14(19)20)7(2)21-23;1-18-10(24-2)16-19(11(18)21)9(20)17-26(22,23)8-6-4-3-5-7(8)25-12(13,14)15/h5-6,10,14H,3-4H2,1-2H3;3-6H,1-2H3,(H,17,20). The minimum atomic E-state index is -5.15. The minimum Gasteiger partial charge on any atom is -0.467 e. The van der Waals surface area contributed by atoms with E-state index in [2.05, 4.69) is 14.9 Å². The SMILES string of the molecule is CCOC(=O)C(Cl)Cc1cc(-n2nc(C)n(C(F)F)c2=O)c(F)cc1Cl.COc1nn(C(=O)NS(=O)(=O)c2ccccc2OC(F)(F)F)c(=O)n1C.